The highest BCUT2D eigenvalue weighted by molar-refractivity contribution is 9.10. The first-order chi connectivity index (χ1) is 10.2. The molecule has 0 aromatic heterocycles. The van der Waals surface area contributed by atoms with Gasteiger partial charge in [-0.1, -0.05) is 42.5 Å². The average molecular weight is 348 g/mol. The van der Waals surface area contributed by atoms with E-state index in [0.29, 0.717) is 18.5 Å². The van der Waals surface area contributed by atoms with E-state index in [1.54, 1.807) is 6.07 Å². The molecule has 2 N–H and O–H groups in total. The minimum absolute atomic E-state index is 0.102. The van der Waals surface area contributed by atoms with Gasteiger partial charge in [-0.25, -0.2) is 0 Å². The average Bonchev–Trinajstić information content (AvgIpc) is 2.52. The fourth-order valence-electron chi connectivity index (χ4n) is 2.22. The molecule has 0 saturated carbocycles. The Kier molecular flexibility index (Phi) is 5.96. The monoisotopic (exact) mass is 347 g/mol. The van der Waals surface area contributed by atoms with Gasteiger partial charge in [-0.15, -0.1) is 0 Å². The molecule has 2 aromatic rings. The number of aliphatic hydroxyl groups excluding tert-OH is 1. The van der Waals surface area contributed by atoms with E-state index in [2.05, 4.69) is 21.2 Å². The van der Waals surface area contributed by atoms with Crippen LogP contribution in [-0.4, -0.2) is 24.2 Å². The quantitative estimate of drug-likeness (QED) is 0.841. The Morgan fingerprint density at radius 1 is 1.10 bits per heavy atom. The number of amides is 1. The van der Waals surface area contributed by atoms with Gasteiger partial charge < -0.3 is 10.4 Å². The van der Waals surface area contributed by atoms with Crippen molar-refractivity contribution in [3.05, 3.63) is 70.2 Å². The van der Waals surface area contributed by atoms with E-state index >= 15 is 0 Å². The fourth-order valence-corrected chi connectivity index (χ4v) is 2.69. The van der Waals surface area contributed by atoms with Crippen molar-refractivity contribution < 1.29 is 9.90 Å². The molecule has 1 amide bonds. The van der Waals surface area contributed by atoms with Crippen LogP contribution >= 0.6 is 15.9 Å². The van der Waals surface area contributed by atoms with Crippen LogP contribution in [0.1, 0.15) is 28.3 Å². The van der Waals surface area contributed by atoms with Crippen LogP contribution in [-0.2, 0) is 0 Å². The Bertz CT molecular complexity index is 586. The molecule has 0 radical (unpaired) electrons. The van der Waals surface area contributed by atoms with Crippen molar-refractivity contribution in [3.63, 3.8) is 0 Å². The molecule has 110 valence electrons. The number of carbonyl (C=O) groups is 1. The van der Waals surface area contributed by atoms with Gasteiger partial charge in [0, 0.05) is 23.5 Å². The Morgan fingerprint density at radius 2 is 1.76 bits per heavy atom. The molecule has 2 rings (SSSR count). The normalized spacial score (nSPS) is 11.9. The van der Waals surface area contributed by atoms with E-state index in [1.165, 1.54) is 0 Å². The number of aliphatic hydroxyl groups is 1. The van der Waals surface area contributed by atoms with Crippen LogP contribution in [0.4, 0.5) is 0 Å². The summed E-state index contributed by atoms with van der Waals surface area (Å²) >= 11 is 3.38. The van der Waals surface area contributed by atoms with Gasteiger partial charge >= 0.3 is 0 Å². The van der Waals surface area contributed by atoms with Crippen LogP contribution in [0.2, 0.25) is 0 Å². The smallest absolute Gasteiger partial charge is 0.252 e. The number of hydrogen-bond donors (Lipinski definition) is 2. The summed E-state index contributed by atoms with van der Waals surface area (Å²) in [6.45, 7) is 0.606. The summed E-state index contributed by atoms with van der Waals surface area (Å²) in [5, 5.41) is 12.1. The highest BCUT2D eigenvalue weighted by Gasteiger charge is 2.14. The molecule has 0 spiro atoms. The highest BCUT2D eigenvalue weighted by Crippen LogP contribution is 2.19. The topological polar surface area (TPSA) is 49.3 Å². The largest absolute Gasteiger partial charge is 0.396 e. The van der Waals surface area contributed by atoms with Gasteiger partial charge in [0.05, 0.1) is 5.56 Å². The van der Waals surface area contributed by atoms with E-state index in [1.807, 2.05) is 48.5 Å². The van der Waals surface area contributed by atoms with Crippen LogP contribution < -0.4 is 5.32 Å². The molecule has 0 heterocycles. The van der Waals surface area contributed by atoms with Gasteiger partial charge in [0.15, 0.2) is 0 Å². The summed E-state index contributed by atoms with van der Waals surface area (Å²) in [5.74, 6) is 0.00369. The summed E-state index contributed by atoms with van der Waals surface area (Å²) in [4.78, 5) is 12.2. The van der Waals surface area contributed by atoms with E-state index in [4.69, 9.17) is 0 Å². The SMILES string of the molecule is O=C(NCC(CCO)c1ccccc1)c1ccccc1Br. The molecule has 1 unspecified atom stereocenters. The lowest BCUT2D eigenvalue weighted by Crippen LogP contribution is -2.29. The van der Waals surface area contributed by atoms with E-state index in [0.717, 1.165) is 10.0 Å². The third kappa shape index (κ3) is 4.41. The van der Waals surface area contributed by atoms with Crippen molar-refractivity contribution in [3.8, 4) is 0 Å². The van der Waals surface area contributed by atoms with Crippen molar-refractivity contribution >= 4 is 21.8 Å². The first kappa shape index (κ1) is 15.7. The van der Waals surface area contributed by atoms with Crippen molar-refractivity contribution in [2.75, 3.05) is 13.2 Å². The Hall–Kier alpha value is -1.65. The van der Waals surface area contributed by atoms with Crippen LogP contribution in [0.15, 0.2) is 59.1 Å². The predicted molar refractivity (Wildman–Crippen MR) is 87.4 cm³/mol. The molecule has 0 aliphatic heterocycles. The molecule has 1 atom stereocenters. The van der Waals surface area contributed by atoms with Crippen molar-refractivity contribution in [2.45, 2.75) is 12.3 Å². The molecular formula is C17H18BrNO2. The van der Waals surface area contributed by atoms with Crippen molar-refractivity contribution in [1.82, 2.24) is 5.32 Å². The highest BCUT2D eigenvalue weighted by atomic mass is 79.9. The zero-order chi connectivity index (χ0) is 15.1. The Labute approximate surface area is 133 Å². The van der Waals surface area contributed by atoms with Crippen LogP contribution in [0, 0.1) is 0 Å². The molecule has 0 aliphatic carbocycles. The maximum absolute atomic E-state index is 12.2. The summed E-state index contributed by atoms with van der Waals surface area (Å²) in [5.41, 5.74) is 1.74. The predicted octanol–water partition coefficient (Wildman–Crippen LogP) is 3.35. The molecular weight excluding hydrogens is 330 g/mol. The second-order valence-corrected chi connectivity index (χ2v) is 5.66. The zero-order valence-electron chi connectivity index (χ0n) is 11.6. The second-order valence-electron chi connectivity index (χ2n) is 4.81. The van der Waals surface area contributed by atoms with Crippen molar-refractivity contribution in [1.29, 1.82) is 0 Å². The number of benzene rings is 2. The molecule has 0 fully saturated rings. The third-order valence-corrected chi connectivity index (χ3v) is 4.07. The molecule has 0 aliphatic rings. The molecule has 3 nitrogen and oxygen atoms in total. The first-order valence-corrected chi connectivity index (χ1v) is 7.70. The van der Waals surface area contributed by atoms with Gasteiger partial charge in [0.25, 0.3) is 5.91 Å². The minimum Gasteiger partial charge on any atom is -0.396 e. The lowest BCUT2D eigenvalue weighted by atomic mass is 9.96. The Balaban J connectivity index is 2.02. The molecule has 0 bridgehead atoms. The van der Waals surface area contributed by atoms with Gasteiger partial charge in [-0.05, 0) is 40.0 Å². The molecule has 0 saturated heterocycles. The lowest BCUT2D eigenvalue weighted by Gasteiger charge is -2.17. The standard InChI is InChI=1S/C17H18BrNO2/c18-16-9-5-4-8-15(16)17(21)19-12-14(10-11-20)13-6-2-1-3-7-13/h1-9,14,20H,10-12H2,(H,19,21). The number of rotatable bonds is 6. The van der Waals surface area contributed by atoms with Crippen molar-refractivity contribution in [2.24, 2.45) is 0 Å². The zero-order valence-corrected chi connectivity index (χ0v) is 13.2. The number of halogens is 1. The molecule has 21 heavy (non-hydrogen) atoms. The second kappa shape index (κ2) is 7.96. The number of nitrogens with one attached hydrogen (secondary N) is 1. The van der Waals surface area contributed by atoms with Crippen LogP contribution in [0.25, 0.3) is 0 Å². The van der Waals surface area contributed by atoms with Gasteiger partial charge in [-0.2, -0.15) is 0 Å². The molecule has 2 aromatic carbocycles. The summed E-state index contributed by atoms with van der Waals surface area (Å²) in [6.07, 6.45) is 0.625. The lowest BCUT2D eigenvalue weighted by molar-refractivity contribution is 0.0948. The summed E-state index contributed by atoms with van der Waals surface area (Å²) < 4.78 is 0.779. The summed E-state index contributed by atoms with van der Waals surface area (Å²) in [7, 11) is 0. The fraction of sp³-hybridized carbons (Fsp3) is 0.235. The number of carbonyl (C=O) groups excluding carboxylic acids is 1. The summed E-state index contributed by atoms with van der Waals surface area (Å²) in [6, 6.07) is 17.3. The van der Waals surface area contributed by atoms with E-state index < -0.39 is 0 Å². The third-order valence-electron chi connectivity index (χ3n) is 3.38. The first-order valence-electron chi connectivity index (χ1n) is 6.91. The van der Waals surface area contributed by atoms with Crippen LogP contribution in [0.5, 0.6) is 0 Å². The van der Waals surface area contributed by atoms with Gasteiger partial charge in [-0.3, -0.25) is 4.79 Å². The maximum Gasteiger partial charge on any atom is 0.252 e. The van der Waals surface area contributed by atoms with Gasteiger partial charge in [0.2, 0.25) is 0 Å². The molecule has 4 heteroatoms. The van der Waals surface area contributed by atoms with E-state index in [9.17, 15) is 9.90 Å². The minimum atomic E-state index is -0.110. The van der Waals surface area contributed by atoms with Crippen LogP contribution in [0.3, 0.4) is 0 Å². The van der Waals surface area contributed by atoms with Gasteiger partial charge in [0.1, 0.15) is 0 Å². The number of hydrogen-bond acceptors (Lipinski definition) is 2. The maximum atomic E-state index is 12.2. The van der Waals surface area contributed by atoms with E-state index in [-0.39, 0.29) is 18.4 Å². The Morgan fingerprint density at radius 3 is 2.43 bits per heavy atom.